The van der Waals surface area contributed by atoms with Crippen LogP contribution in [0, 0.1) is 0 Å². The number of hydrogen-bond donors (Lipinski definition) is 1. The number of hydrogen-bond acceptors (Lipinski definition) is 4. The highest BCUT2D eigenvalue weighted by Crippen LogP contribution is 2.26. The first-order chi connectivity index (χ1) is 6.84. The van der Waals surface area contributed by atoms with Crippen LogP contribution in [0.3, 0.4) is 0 Å². The Morgan fingerprint density at radius 2 is 2.00 bits per heavy atom. The van der Waals surface area contributed by atoms with Crippen molar-refractivity contribution in [2.45, 2.75) is 24.2 Å². The average Bonchev–Trinajstić information content (AvgIpc) is 2.19. The third-order valence-corrected chi connectivity index (χ3v) is 3.34. The molecule has 0 amide bonds. The first-order valence-electron chi connectivity index (χ1n) is 4.98. The topological polar surface area (TPSA) is 42.1 Å². The normalized spacial score (nSPS) is 18.3. The molecule has 0 aliphatic carbocycles. The lowest BCUT2D eigenvalue weighted by atomic mass is 10.2. The van der Waals surface area contributed by atoms with Crippen molar-refractivity contribution in [2.75, 3.05) is 18.8 Å². The summed E-state index contributed by atoms with van der Waals surface area (Å²) in [6, 6.07) is 1.98. The van der Waals surface area contributed by atoms with E-state index in [1.54, 1.807) is 18.1 Å². The van der Waals surface area contributed by atoms with Crippen molar-refractivity contribution < 1.29 is 0 Å². The van der Waals surface area contributed by atoms with E-state index < -0.39 is 0 Å². The molecule has 0 saturated carbocycles. The highest BCUT2D eigenvalue weighted by atomic mass is 32.2. The van der Waals surface area contributed by atoms with Crippen LogP contribution in [0.5, 0.6) is 0 Å². The Hall–Kier alpha value is -0.740. The molecule has 0 aromatic carbocycles. The Balaban J connectivity index is 1.95. The predicted molar refractivity (Wildman–Crippen MR) is 59.9 cm³/mol. The summed E-state index contributed by atoms with van der Waals surface area (Å²) >= 11 is 1.77. The summed E-state index contributed by atoms with van der Waals surface area (Å²) in [4.78, 5) is 5.22. The molecule has 1 saturated heterocycles. The van der Waals surface area contributed by atoms with Crippen molar-refractivity contribution in [3.63, 3.8) is 0 Å². The molecule has 1 fully saturated rings. The van der Waals surface area contributed by atoms with Crippen molar-refractivity contribution in [1.29, 1.82) is 0 Å². The van der Waals surface area contributed by atoms with Gasteiger partial charge >= 0.3 is 0 Å². The van der Waals surface area contributed by atoms with Crippen LogP contribution >= 0.6 is 11.9 Å². The van der Waals surface area contributed by atoms with Gasteiger partial charge < -0.3 is 5.73 Å². The van der Waals surface area contributed by atoms with Crippen LogP contribution in [0.1, 0.15) is 19.3 Å². The van der Waals surface area contributed by atoms with Crippen molar-refractivity contribution in [1.82, 2.24) is 9.29 Å². The maximum absolute atomic E-state index is 5.67. The second-order valence-electron chi connectivity index (χ2n) is 3.53. The molecule has 0 unspecified atom stereocenters. The summed E-state index contributed by atoms with van der Waals surface area (Å²) < 4.78 is 2.39. The molecule has 2 heterocycles. The smallest absolute Gasteiger partial charge is 0.0512 e. The van der Waals surface area contributed by atoms with Crippen LogP contribution in [0.2, 0.25) is 0 Å². The number of aromatic nitrogens is 1. The average molecular weight is 209 g/mol. The molecule has 4 heteroatoms. The lowest BCUT2D eigenvalue weighted by Crippen LogP contribution is -2.22. The van der Waals surface area contributed by atoms with Crippen molar-refractivity contribution in [3.8, 4) is 0 Å². The highest BCUT2D eigenvalue weighted by Gasteiger charge is 2.11. The Kier molecular flexibility index (Phi) is 3.26. The van der Waals surface area contributed by atoms with E-state index in [0.29, 0.717) is 0 Å². The summed E-state index contributed by atoms with van der Waals surface area (Å²) in [5.41, 5.74) is 6.41. The number of nitrogens with zero attached hydrogens (tertiary/aromatic N) is 2. The number of rotatable bonds is 2. The molecule has 3 nitrogen and oxygen atoms in total. The van der Waals surface area contributed by atoms with E-state index in [9.17, 15) is 0 Å². The van der Waals surface area contributed by atoms with Gasteiger partial charge in [0.15, 0.2) is 0 Å². The number of nitrogens with two attached hydrogens (primary N) is 1. The van der Waals surface area contributed by atoms with Crippen LogP contribution in [0.15, 0.2) is 23.4 Å². The molecule has 1 aliphatic rings. The minimum Gasteiger partial charge on any atom is -0.397 e. The van der Waals surface area contributed by atoms with Gasteiger partial charge in [0.05, 0.1) is 5.69 Å². The maximum Gasteiger partial charge on any atom is 0.0512 e. The quantitative estimate of drug-likeness (QED) is 0.758. The molecule has 0 bridgehead atoms. The molecular weight excluding hydrogens is 194 g/mol. The standard InChI is InChI=1S/C10H15N3S/c11-9-6-10(8-12-7-9)14-13-4-2-1-3-5-13/h6-8H,1-5,11H2. The zero-order valence-corrected chi connectivity index (χ0v) is 8.96. The fourth-order valence-electron chi connectivity index (χ4n) is 1.59. The number of nitrogen functional groups attached to an aromatic ring is 1. The molecule has 1 aromatic heterocycles. The third-order valence-electron chi connectivity index (χ3n) is 2.28. The number of piperidine rings is 1. The van der Waals surface area contributed by atoms with Gasteiger partial charge in [0.1, 0.15) is 0 Å². The van der Waals surface area contributed by atoms with Gasteiger partial charge in [-0.1, -0.05) is 6.42 Å². The molecule has 76 valence electrons. The van der Waals surface area contributed by atoms with Gasteiger partial charge in [0.2, 0.25) is 0 Å². The fourth-order valence-corrected chi connectivity index (χ4v) is 2.63. The Labute approximate surface area is 88.8 Å². The Morgan fingerprint density at radius 3 is 2.71 bits per heavy atom. The monoisotopic (exact) mass is 209 g/mol. The Bertz CT molecular complexity index is 297. The lowest BCUT2D eigenvalue weighted by molar-refractivity contribution is 0.380. The van der Waals surface area contributed by atoms with E-state index >= 15 is 0 Å². The minimum atomic E-state index is 0.743. The van der Waals surface area contributed by atoms with E-state index in [4.69, 9.17) is 5.73 Å². The molecule has 0 radical (unpaired) electrons. The zero-order chi connectivity index (χ0) is 9.80. The van der Waals surface area contributed by atoms with Crippen LogP contribution in [0.25, 0.3) is 0 Å². The van der Waals surface area contributed by atoms with Crippen LogP contribution in [0.4, 0.5) is 5.69 Å². The SMILES string of the molecule is Nc1cncc(SN2CCCCC2)c1. The molecule has 1 aromatic rings. The first-order valence-corrected chi connectivity index (χ1v) is 5.75. The van der Waals surface area contributed by atoms with Gasteiger partial charge in [0.25, 0.3) is 0 Å². The Morgan fingerprint density at radius 1 is 1.21 bits per heavy atom. The maximum atomic E-state index is 5.67. The summed E-state index contributed by atoms with van der Waals surface area (Å²) in [7, 11) is 0. The highest BCUT2D eigenvalue weighted by molar-refractivity contribution is 7.97. The van der Waals surface area contributed by atoms with E-state index in [0.717, 1.165) is 10.6 Å². The van der Waals surface area contributed by atoms with E-state index in [1.165, 1.54) is 32.4 Å². The van der Waals surface area contributed by atoms with Crippen LogP contribution in [-0.4, -0.2) is 22.4 Å². The summed E-state index contributed by atoms with van der Waals surface area (Å²) in [5, 5.41) is 0. The number of anilines is 1. The van der Waals surface area contributed by atoms with Gasteiger partial charge in [-0.15, -0.1) is 0 Å². The second-order valence-corrected chi connectivity index (χ2v) is 4.71. The van der Waals surface area contributed by atoms with Gasteiger partial charge in [-0.05, 0) is 30.9 Å². The van der Waals surface area contributed by atoms with Gasteiger partial charge in [0, 0.05) is 30.4 Å². The minimum absolute atomic E-state index is 0.743. The molecular formula is C10H15N3S. The van der Waals surface area contributed by atoms with Crippen molar-refractivity contribution in [2.24, 2.45) is 0 Å². The van der Waals surface area contributed by atoms with Crippen molar-refractivity contribution >= 4 is 17.6 Å². The van der Waals surface area contributed by atoms with Gasteiger partial charge in [-0.2, -0.15) is 0 Å². The fraction of sp³-hybridized carbons (Fsp3) is 0.500. The molecule has 0 atom stereocenters. The predicted octanol–water partition coefficient (Wildman–Crippen LogP) is 2.16. The summed E-state index contributed by atoms with van der Waals surface area (Å²) in [6.45, 7) is 2.36. The zero-order valence-electron chi connectivity index (χ0n) is 8.15. The van der Waals surface area contributed by atoms with Gasteiger partial charge in [-0.3, -0.25) is 4.98 Å². The lowest BCUT2D eigenvalue weighted by Gasteiger charge is -2.24. The van der Waals surface area contributed by atoms with E-state index in [2.05, 4.69) is 9.29 Å². The number of pyridine rings is 1. The van der Waals surface area contributed by atoms with Crippen LogP contribution < -0.4 is 5.73 Å². The molecule has 2 rings (SSSR count). The van der Waals surface area contributed by atoms with Gasteiger partial charge in [-0.25, -0.2) is 4.31 Å². The first kappa shape index (κ1) is 9.80. The van der Waals surface area contributed by atoms with Crippen molar-refractivity contribution in [3.05, 3.63) is 18.5 Å². The molecule has 2 N–H and O–H groups in total. The third kappa shape index (κ3) is 2.62. The van der Waals surface area contributed by atoms with E-state index in [1.807, 2.05) is 12.3 Å². The van der Waals surface area contributed by atoms with E-state index in [-0.39, 0.29) is 0 Å². The summed E-state index contributed by atoms with van der Waals surface area (Å²) in [5.74, 6) is 0. The summed E-state index contributed by atoms with van der Waals surface area (Å²) in [6.07, 6.45) is 7.54. The molecule has 0 spiro atoms. The largest absolute Gasteiger partial charge is 0.397 e. The molecule has 14 heavy (non-hydrogen) atoms. The molecule has 1 aliphatic heterocycles. The van der Waals surface area contributed by atoms with Crippen LogP contribution in [-0.2, 0) is 0 Å². The second kappa shape index (κ2) is 4.66.